The first-order valence-corrected chi connectivity index (χ1v) is 4.99. The maximum atomic E-state index is 12.1. The van der Waals surface area contributed by atoms with E-state index in [1.165, 1.54) is 0 Å². The summed E-state index contributed by atoms with van der Waals surface area (Å²) in [5, 5.41) is 7.58. The van der Waals surface area contributed by atoms with Crippen molar-refractivity contribution < 1.29 is 9.18 Å². The fourth-order valence-corrected chi connectivity index (χ4v) is 1.87. The molecule has 0 unspecified atom stereocenters. The van der Waals surface area contributed by atoms with E-state index in [0.717, 1.165) is 19.5 Å². The Balaban J connectivity index is 1.98. The molecule has 1 aliphatic rings. The zero-order valence-corrected chi connectivity index (χ0v) is 8.34. The highest BCUT2D eigenvalue weighted by Crippen LogP contribution is 2.19. The lowest BCUT2D eigenvalue weighted by atomic mass is 10.3. The lowest BCUT2D eigenvalue weighted by Crippen LogP contribution is -2.24. The van der Waals surface area contributed by atoms with E-state index in [-0.39, 0.29) is 12.7 Å². The second kappa shape index (κ2) is 4.48. The van der Waals surface area contributed by atoms with Crippen LogP contribution in [0.5, 0.6) is 0 Å². The lowest BCUT2D eigenvalue weighted by Gasteiger charge is -2.13. The Morgan fingerprint density at radius 1 is 1.67 bits per heavy atom. The summed E-state index contributed by atoms with van der Waals surface area (Å²) in [5.74, 6) is 0. The maximum absolute atomic E-state index is 12.1. The topological polar surface area (TPSA) is 51.0 Å². The van der Waals surface area contributed by atoms with Gasteiger partial charge in [-0.3, -0.25) is 9.69 Å². The Labute approximate surface area is 86.9 Å². The van der Waals surface area contributed by atoms with Gasteiger partial charge in [0.1, 0.15) is 12.4 Å². The molecule has 0 saturated carbocycles. The number of alkyl halides is 1. The predicted molar refractivity (Wildman–Crippen MR) is 51.5 cm³/mol. The zero-order chi connectivity index (χ0) is 10.7. The minimum Gasteiger partial charge on any atom is -0.299 e. The largest absolute Gasteiger partial charge is 0.299 e. The molecular formula is C9H13FN4O. The van der Waals surface area contributed by atoms with E-state index in [1.54, 1.807) is 10.9 Å². The second-order valence-corrected chi connectivity index (χ2v) is 3.67. The van der Waals surface area contributed by atoms with Gasteiger partial charge in [0.15, 0.2) is 6.29 Å². The van der Waals surface area contributed by atoms with Gasteiger partial charge in [0.05, 0.1) is 12.2 Å². The van der Waals surface area contributed by atoms with Crippen LogP contribution in [-0.2, 0) is 0 Å². The van der Waals surface area contributed by atoms with Crippen molar-refractivity contribution in [2.45, 2.75) is 12.5 Å². The summed E-state index contributed by atoms with van der Waals surface area (Å²) >= 11 is 0. The Morgan fingerprint density at radius 3 is 3.20 bits per heavy atom. The first kappa shape index (κ1) is 10.2. The molecule has 15 heavy (non-hydrogen) atoms. The van der Waals surface area contributed by atoms with Crippen LogP contribution in [0.4, 0.5) is 4.39 Å². The van der Waals surface area contributed by atoms with Crippen LogP contribution in [-0.4, -0.2) is 52.5 Å². The number of aromatic nitrogens is 3. The molecular weight excluding hydrogens is 199 g/mol. The normalized spacial score (nSPS) is 22.1. The second-order valence-electron chi connectivity index (χ2n) is 3.67. The van der Waals surface area contributed by atoms with E-state index < -0.39 is 0 Å². The number of aldehydes is 1. The van der Waals surface area contributed by atoms with Crippen LogP contribution in [0.1, 0.15) is 23.0 Å². The van der Waals surface area contributed by atoms with Crippen LogP contribution in [0.25, 0.3) is 0 Å². The summed E-state index contributed by atoms with van der Waals surface area (Å²) in [6.07, 6.45) is 3.25. The molecule has 0 amide bonds. The van der Waals surface area contributed by atoms with Crippen LogP contribution in [0.3, 0.4) is 0 Å². The Morgan fingerprint density at radius 2 is 2.53 bits per heavy atom. The molecule has 1 aromatic rings. The van der Waals surface area contributed by atoms with Gasteiger partial charge in [0.25, 0.3) is 0 Å². The number of nitrogens with zero attached hydrogens (tertiary/aromatic N) is 4. The standard InChI is InChI=1S/C9H13FN4O/c10-2-4-13-3-1-9(6-13)14-5-8(7-15)11-12-14/h5,7,9H,1-4,6H2/t9-/m1/s1. The van der Waals surface area contributed by atoms with Crippen LogP contribution < -0.4 is 0 Å². The molecule has 1 atom stereocenters. The molecule has 2 heterocycles. The third-order valence-electron chi connectivity index (χ3n) is 2.67. The number of likely N-dealkylation sites (tertiary alicyclic amines) is 1. The van der Waals surface area contributed by atoms with Gasteiger partial charge in [-0.25, -0.2) is 9.07 Å². The molecule has 2 rings (SSSR count). The number of hydrogen-bond acceptors (Lipinski definition) is 4. The van der Waals surface area contributed by atoms with Crippen LogP contribution in [0, 0.1) is 0 Å². The SMILES string of the molecule is O=Cc1cn([C@@H]2CCN(CCF)C2)nn1. The highest BCUT2D eigenvalue weighted by molar-refractivity contribution is 5.70. The lowest BCUT2D eigenvalue weighted by molar-refractivity contribution is 0.111. The minimum absolute atomic E-state index is 0.220. The molecule has 1 saturated heterocycles. The number of carbonyl (C=O) groups excluding carboxylic acids is 1. The monoisotopic (exact) mass is 212 g/mol. The first-order chi connectivity index (χ1) is 7.33. The molecule has 0 bridgehead atoms. The predicted octanol–water partition coefficient (Wildman–Crippen LogP) is 0.307. The summed E-state index contributed by atoms with van der Waals surface area (Å²) in [6.45, 7) is 1.83. The van der Waals surface area contributed by atoms with Crippen molar-refractivity contribution >= 4 is 6.29 Å². The quantitative estimate of drug-likeness (QED) is 0.674. The highest BCUT2D eigenvalue weighted by Gasteiger charge is 2.24. The molecule has 0 aromatic carbocycles. The van der Waals surface area contributed by atoms with Gasteiger partial charge in [-0.05, 0) is 6.42 Å². The number of carbonyl (C=O) groups is 1. The fraction of sp³-hybridized carbons (Fsp3) is 0.667. The van der Waals surface area contributed by atoms with Crippen molar-refractivity contribution in [3.8, 4) is 0 Å². The Hall–Kier alpha value is -1.30. The first-order valence-electron chi connectivity index (χ1n) is 4.99. The van der Waals surface area contributed by atoms with Gasteiger partial charge in [0.2, 0.25) is 0 Å². The fourth-order valence-electron chi connectivity index (χ4n) is 1.87. The van der Waals surface area contributed by atoms with E-state index in [0.29, 0.717) is 18.5 Å². The van der Waals surface area contributed by atoms with Gasteiger partial charge in [-0.1, -0.05) is 5.21 Å². The zero-order valence-electron chi connectivity index (χ0n) is 8.34. The van der Waals surface area contributed by atoms with Crippen molar-refractivity contribution in [3.05, 3.63) is 11.9 Å². The van der Waals surface area contributed by atoms with Gasteiger partial charge in [-0.2, -0.15) is 0 Å². The smallest absolute Gasteiger partial charge is 0.171 e. The highest BCUT2D eigenvalue weighted by atomic mass is 19.1. The van der Waals surface area contributed by atoms with Crippen molar-refractivity contribution in [2.24, 2.45) is 0 Å². The van der Waals surface area contributed by atoms with Crippen LogP contribution in [0.15, 0.2) is 6.20 Å². The number of halogens is 1. The number of hydrogen-bond donors (Lipinski definition) is 0. The van der Waals surface area contributed by atoms with E-state index in [2.05, 4.69) is 10.3 Å². The third-order valence-corrected chi connectivity index (χ3v) is 2.67. The average molecular weight is 212 g/mol. The Kier molecular flexibility index (Phi) is 3.05. The minimum atomic E-state index is -0.316. The molecule has 6 heteroatoms. The summed E-state index contributed by atoms with van der Waals surface area (Å²) in [5.41, 5.74) is 0.346. The third kappa shape index (κ3) is 2.20. The van der Waals surface area contributed by atoms with E-state index in [9.17, 15) is 9.18 Å². The van der Waals surface area contributed by atoms with E-state index >= 15 is 0 Å². The summed E-state index contributed by atoms with van der Waals surface area (Å²) in [6, 6.07) is 0.220. The van der Waals surface area contributed by atoms with E-state index in [4.69, 9.17) is 0 Å². The van der Waals surface area contributed by atoms with Crippen molar-refractivity contribution in [3.63, 3.8) is 0 Å². The van der Waals surface area contributed by atoms with E-state index in [1.807, 2.05) is 4.90 Å². The maximum Gasteiger partial charge on any atom is 0.171 e. The van der Waals surface area contributed by atoms with Crippen molar-refractivity contribution in [1.82, 2.24) is 19.9 Å². The van der Waals surface area contributed by atoms with Gasteiger partial charge < -0.3 is 0 Å². The molecule has 0 N–H and O–H groups in total. The molecule has 1 aliphatic heterocycles. The van der Waals surface area contributed by atoms with Gasteiger partial charge in [0, 0.05) is 19.6 Å². The molecule has 0 aliphatic carbocycles. The van der Waals surface area contributed by atoms with Gasteiger partial charge >= 0.3 is 0 Å². The summed E-state index contributed by atoms with van der Waals surface area (Å²) in [4.78, 5) is 12.5. The molecule has 1 fully saturated rings. The van der Waals surface area contributed by atoms with Crippen LogP contribution >= 0.6 is 0 Å². The molecule has 1 aromatic heterocycles. The summed E-state index contributed by atoms with van der Waals surface area (Å²) in [7, 11) is 0. The Bertz CT molecular complexity index is 341. The van der Waals surface area contributed by atoms with Crippen LogP contribution in [0.2, 0.25) is 0 Å². The average Bonchev–Trinajstić information content (AvgIpc) is 2.85. The van der Waals surface area contributed by atoms with Crippen molar-refractivity contribution in [1.29, 1.82) is 0 Å². The molecule has 0 spiro atoms. The van der Waals surface area contributed by atoms with Crippen molar-refractivity contribution in [2.75, 3.05) is 26.3 Å². The number of rotatable bonds is 4. The summed E-state index contributed by atoms with van der Waals surface area (Å²) < 4.78 is 13.8. The molecule has 5 nitrogen and oxygen atoms in total. The van der Waals surface area contributed by atoms with Gasteiger partial charge in [-0.15, -0.1) is 5.10 Å². The molecule has 82 valence electrons. The molecule has 0 radical (unpaired) electrons.